The number of carbonyl (C=O) groups excluding carboxylic acids is 1. The van der Waals surface area contributed by atoms with Crippen LogP contribution in [0.2, 0.25) is 0 Å². The minimum Gasteiger partial charge on any atom is -0.336 e. The van der Waals surface area contributed by atoms with Crippen LogP contribution in [0.1, 0.15) is 21.6 Å². The van der Waals surface area contributed by atoms with Crippen molar-refractivity contribution in [2.45, 2.75) is 12.4 Å². The lowest BCUT2D eigenvalue weighted by Crippen LogP contribution is -2.26. The van der Waals surface area contributed by atoms with Crippen molar-refractivity contribution in [2.24, 2.45) is 0 Å². The first-order chi connectivity index (χ1) is 8.70. The summed E-state index contributed by atoms with van der Waals surface area (Å²) in [7, 11) is 1.77. The summed E-state index contributed by atoms with van der Waals surface area (Å²) in [6.07, 6.45) is 0. The third-order valence-electron chi connectivity index (χ3n) is 2.58. The fourth-order valence-corrected chi connectivity index (χ4v) is 2.31. The average molecular weight is 281 g/mol. The molecule has 18 heavy (non-hydrogen) atoms. The van der Waals surface area contributed by atoms with Crippen LogP contribution in [0, 0.1) is 0 Å². The van der Waals surface area contributed by atoms with Gasteiger partial charge in [-0.15, -0.1) is 22.9 Å². The summed E-state index contributed by atoms with van der Waals surface area (Å²) in [5.41, 5.74) is 4.35. The molecule has 0 spiro atoms. The second-order valence-electron chi connectivity index (χ2n) is 3.97. The van der Waals surface area contributed by atoms with Crippen molar-refractivity contribution in [1.29, 1.82) is 0 Å². The molecular weight excluding hydrogens is 268 g/mol. The van der Waals surface area contributed by atoms with Crippen molar-refractivity contribution in [3.8, 4) is 0 Å². The first-order valence-corrected chi connectivity index (χ1v) is 6.96. The van der Waals surface area contributed by atoms with Gasteiger partial charge in [-0.1, -0.05) is 12.1 Å². The number of rotatable bonds is 4. The summed E-state index contributed by atoms with van der Waals surface area (Å²) in [6, 6.07) is 7.35. The number of amides is 1. The topological polar surface area (TPSA) is 33.2 Å². The monoisotopic (exact) mass is 280 g/mol. The predicted octanol–water partition coefficient (Wildman–Crippen LogP) is 3.15. The molecule has 0 aliphatic rings. The molecule has 1 heterocycles. The lowest BCUT2D eigenvalue weighted by molar-refractivity contribution is 0.0783. The molecule has 2 rings (SSSR count). The van der Waals surface area contributed by atoms with E-state index < -0.39 is 0 Å². The average Bonchev–Trinajstić information content (AvgIpc) is 2.91. The van der Waals surface area contributed by atoms with E-state index in [4.69, 9.17) is 11.6 Å². The van der Waals surface area contributed by atoms with Gasteiger partial charge in [-0.2, -0.15) is 0 Å². The molecule has 94 valence electrons. The Bertz CT molecular complexity index is 510. The van der Waals surface area contributed by atoms with E-state index in [0.29, 0.717) is 18.0 Å². The van der Waals surface area contributed by atoms with Gasteiger partial charge >= 0.3 is 0 Å². The van der Waals surface area contributed by atoms with Crippen LogP contribution in [-0.2, 0) is 12.4 Å². The van der Waals surface area contributed by atoms with E-state index >= 15 is 0 Å². The molecule has 0 radical (unpaired) electrons. The zero-order chi connectivity index (χ0) is 13.0. The van der Waals surface area contributed by atoms with Crippen molar-refractivity contribution in [1.82, 2.24) is 9.88 Å². The molecule has 0 saturated carbocycles. The molecule has 0 aliphatic heterocycles. The van der Waals surface area contributed by atoms with Gasteiger partial charge in [0.05, 0.1) is 17.7 Å². The summed E-state index contributed by atoms with van der Waals surface area (Å²) in [5, 5.41) is 1.94. The van der Waals surface area contributed by atoms with Crippen molar-refractivity contribution in [3.05, 3.63) is 52.0 Å². The molecule has 0 aliphatic carbocycles. The van der Waals surface area contributed by atoms with Crippen LogP contribution in [0.25, 0.3) is 0 Å². The Morgan fingerprint density at radius 3 is 2.67 bits per heavy atom. The van der Waals surface area contributed by atoms with Gasteiger partial charge in [0.2, 0.25) is 0 Å². The number of benzene rings is 1. The zero-order valence-corrected chi connectivity index (χ0v) is 11.5. The molecule has 3 nitrogen and oxygen atoms in total. The number of carbonyl (C=O) groups is 1. The van der Waals surface area contributed by atoms with Gasteiger partial charge in [0.25, 0.3) is 5.91 Å². The first kappa shape index (κ1) is 13.1. The van der Waals surface area contributed by atoms with Crippen LogP contribution in [0.3, 0.4) is 0 Å². The number of thiazole rings is 1. The zero-order valence-electron chi connectivity index (χ0n) is 9.97. The Kier molecular flexibility index (Phi) is 4.33. The second kappa shape index (κ2) is 5.98. The van der Waals surface area contributed by atoms with Gasteiger partial charge in [0, 0.05) is 23.9 Å². The lowest BCUT2D eigenvalue weighted by atomic mass is 10.1. The van der Waals surface area contributed by atoms with Crippen LogP contribution in [0.5, 0.6) is 0 Å². The SMILES string of the molecule is CN(Cc1cscn1)C(=O)c1ccc(CCl)cc1. The maximum atomic E-state index is 12.1. The molecule has 0 unspecified atom stereocenters. The van der Waals surface area contributed by atoms with Gasteiger partial charge in [0.1, 0.15) is 0 Å². The molecule has 2 aromatic rings. The summed E-state index contributed by atoms with van der Waals surface area (Å²) < 4.78 is 0. The largest absolute Gasteiger partial charge is 0.336 e. The fourth-order valence-electron chi connectivity index (χ4n) is 1.59. The number of nitrogens with zero attached hydrogens (tertiary/aromatic N) is 2. The molecule has 0 saturated heterocycles. The van der Waals surface area contributed by atoms with E-state index in [-0.39, 0.29) is 5.91 Å². The third kappa shape index (κ3) is 3.09. The molecule has 0 bridgehead atoms. The quantitative estimate of drug-likeness (QED) is 0.806. The van der Waals surface area contributed by atoms with E-state index in [2.05, 4.69) is 4.98 Å². The Morgan fingerprint density at radius 1 is 1.39 bits per heavy atom. The van der Waals surface area contributed by atoms with Gasteiger partial charge in [-0.05, 0) is 17.7 Å². The highest BCUT2D eigenvalue weighted by Gasteiger charge is 2.12. The molecule has 1 aromatic heterocycles. The fraction of sp³-hybridized carbons (Fsp3) is 0.231. The second-order valence-corrected chi connectivity index (χ2v) is 4.96. The van der Waals surface area contributed by atoms with Crippen LogP contribution in [0.15, 0.2) is 35.2 Å². The standard InChI is InChI=1S/C13H13ClN2OS/c1-16(7-12-8-18-9-15-12)13(17)11-4-2-10(6-14)3-5-11/h2-5,8-9H,6-7H2,1H3. The van der Waals surface area contributed by atoms with Gasteiger partial charge in [-0.3, -0.25) is 4.79 Å². The summed E-state index contributed by atoms with van der Waals surface area (Å²) in [6.45, 7) is 0.527. The summed E-state index contributed by atoms with van der Waals surface area (Å²) in [4.78, 5) is 18.0. The molecular formula is C13H13ClN2OS. The number of hydrogen-bond acceptors (Lipinski definition) is 3. The maximum absolute atomic E-state index is 12.1. The van der Waals surface area contributed by atoms with E-state index in [1.165, 1.54) is 11.3 Å². The lowest BCUT2D eigenvalue weighted by Gasteiger charge is -2.16. The Balaban J connectivity index is 2.05. The van der Waals surface area contributed by atoms with Crippen LogP contribution >= 0.6 is 22.9 Å². The number of alkyl halides is 1. The minimum absolute atomic E-state index is 0.0101. The van der Waals surface area contributed by atoms with Crippen molar-refractivity contribution < 1.29 is 4.79 Å². The molecule has 1 aromatic carbocycles. The van der Waals surface area contributed by atoms with Crippen molar-refractivity contribution >= 4 is 28.8 Å². The van der Waals surface area contributed by atoms with E-state index in [0.717, 1.165) is 11.3 Å². The van der Waals surface area contributed by atoms with Crippen molar-refractivity contribution in [2.75, 3.05) is 7.05 Å². The molecule has 0 N–H and O–H groups in total. The third-order valence-corrected chi connectivity index (χ3v) is 3.53. The van der Waals surface area contributed by atoms with Crippen molar-refractivity contribution in [3.63, 3.8) is 0 Å². The highest BCUT2D eigenvalue weighted by atomic mass is 35.5. The van der Waals surface area contributed by atoms with E-state index in [1.54, 1.807) is 29.6 Å². The van der Waals surface area contributed by atoms with Crippen LogP contribution < -0.4 is 0 Å². The van der Waals surface area contributed by atoms with Gasteiger partial charge < -0.3 is 4.90 Å². The summed E-state index contributed by atoms with van der Waals surface area (Å²) >= 11 is 7.24. The Labute approximate surface area is 115 Å². The Morgan fingerprint density at radius 2 is 2.11 bits per heavy atom. The smallest absolute Gasteiger partial charge is 0.253 e. The number of halogens is 1. The van der Waals surface area contributed by atoms with Gasteiger partial charge in [0.15, 0.2) is 0 Å². The number of aromatic nitrogens is 1. The Hall–Kier alpha value is -1.39. The summed E-state index contributed by atoms with van der Waals surface area (Å²) in [5.74, 6) is 0.451. The van der Waals surface area contributed by atoms with Crippen LogP contribution in [-0.4, -0.2) is 22.8 Å². The first-order valence-electron chi connectivity index (χ1n) is 5.48. The highest BCUT2D eigenvalue weighted by Crippen LogP contribution is 2.11. The predicted molar refractivity (Wildman–Crippen MR) is 73.9 cm³/mol. The molecule has 1 amide bonds. The molecule has 0 atom stereocenters. The highest BCUT2D eigenvalue weighted by molar-refractivity contribution is 7.07. The van der Waals surface area contributed by atoms with Crippen LogP contribution in [0.4, 0.5) is 0 Å². The molecule has 5 heteroatoms. The number of hydrogen-bond donors (Lipinski definition) is 0. The molecule has 0 fully saturated rings. The van der Waals surface area contributed by atoms with E-state index in [9.17, 15) is 4.79 Å². The van der Waals surface area contributed by atoms with E-state index in [1.807, 2.05) is 17.5 Å². The van der Waals surface area contributed by atoms with Gasteiger partial charge in [-0.25, -0.2) is 4.98 Å². The normalized spacial score (nSPS) is 10.3. The minimum atomic E-state index is -0.0101. The maximum Gasteiger partial charge on any atom is 0.253 e.